The molecule has 2 aromatic heterocycles. The van der Waals surface area contributed by atoms with E-state index in [2.05, 4.69) is 72.7 Å². The molecule has 2 heterocycles. The van der Waals surface area contributed by atoms with Crippen LogP contribution in [0.2, 0.25) is 0 Å². The van der Waals surface area contributed by atoms with E-state index < -0.39 is 0 Å². The van der Waals surface area contributed by atoms with Crippen molar-refractivity contribution >= 4 is 49.4 Å². The molecule has 4 nitrogen and oxygen atoms in total. The smallest absolute Gasteiger partial charge is 0.210 e. The molecule has 6 aromatic rings. The average Bonchev–Trinajstić information content (AvgIpc) is 3.38. The van der Waals surface area contributed by atoms with Crippen LogP contribution in [0.1, 0.15) is 31.9 Å². The van der Waals surface area contributed by atoms with Crippen molar-refractivity contribution in [3.63, 3.8) is 0 Å². The van der Waals surface area contributed by atoms with Crippen LogP contribution in [0.25, 0.3) is 54.3 Å². The van der Waals surface area contributed by atoms with E-state index in [0.29, 0.717) is 16.9 Å². The summed E-state index contributed by atoms with van der Waals surface area (Å²) in [5.74, 6) is 0. The third-order valence-corrected chi connectivity index (χ3v) is 6.60. The molecule has 0 aliphatic heterocycles. The maximum atomic E-state index is 9.55. The first-order valence-corrected chi connectivity index (χ1v) is 11.2. The number of hydrogen-bond donors (Lipinski definition) is 0. The highest BCUT2D eigenvalue weighted by Gasteiger charge is 2.22. The molecule has 162 valence electrons. The molecule has 0 spiro atoms. The third-order valence-electron chi connectivity index (χ3n) is 6.60. The molecule has 0 aliphatic carbocycles. The Labute approximate surface area is 197 Å². The minimum Gasteiger partial charge on any atom is -0.455 e. The molecule has 34 heavy (non-hydrogen) atoms. The zero-order valence-electron chi connectivity index (χ0n) is 19.2. The van der Waals surface area contributed by atoms with E-state index >= 15 is 0 Å². The van der Waals surface area contributed by atoms with Gasteiger partial charge < -0.3 is 8.98 Å². The maximum Gasteiger partial charge on any atom is 0.210 e. The molecule has 0 saturated carbocycles. The van der Waals surface area contributed by atoms with E-state index in [4.69, 9.17) is 11.0 Å². The summed E-state index contributed by atoms with van der Waals surface area (Å²) in [6, 6.07) is 26.2. The summed E-state index contributed by atoms with van der Waals surface area (Å²) in [4.78, 5) is 3.77. The van der Waals surface area contributed by atoms with Gasteiger partial charge in [-0.3, -0.25) is 0 Å². The predicted molar refractivity (Wildman–Crippen MR) is 138 cm³/mol. The molecule has 4 heteroatoms. The summed E-state index contributed by atoms with van der Waals surface area (Å²) < 4.78 is 8.52. The van der Waals surface area contributed by atoms with Crippen molar-refractivity contribution in [1.29, 1.82) is 5.26 Å². The fourth-order valence-electron chi connectivity index (χ4n) is 4.88. The van der Waals surface area contributed by atoms with E-state index in [9.17, 15) is 5.26 Å². The number of nitrogens with zero attached hydrogens (tertiary/aromatic N) is 3. The first-order valence-electron chi connectivity index (χ1n) is 11.2. The Bertz CT molecular complexity index is 1860. The van der Waals surface area contributed by atoms with Crippen molar-refractivity contribution in [3.05, 3.63) is 95.3 Å². The van der Waals surface area contributed by atoms with Crippen molar-refractivity contribution in [2.45, 2.75) is 26.2 Å². The summed E-state index contributed by atoms with van der Waals surface area (Å²) in [7, 11) is 0. The second kappa shape index (κ2) is 6.98. The van der Waals surface area contributed by atoms with Gasteiger partial charge in [0.05, 0.1) is 40.3 Å². The van der Waals surface area contributed by atoms with Crippen LogP contribution in [0.4, 0.5) is 5.69 Å². The molecule has 0 saturated heterocycles. The maximum absolute atomic E-state index is 9.55. The SMILES string of the molecule is [C-]#[N+]c1ccc(C#N)cc1-n1c2ccc(C(C)(C)C)cc2c2c3oc4ccccc4c3ccc21. The van der Waals surface area contributed by atoms with Crippen LogP contribution >= 0.6 is 0 Å². The molecule has 0 N–H and O–H groups in total. The van der Waals surface area contributed by atoms with Crippen LogP contribution in [0.15, 0.2) is 77.2 Å². The van der Waals surface area contributed by atoms with Gasteiger partial charge >= 0.3 is 0 Å². The van der Waals surface area contributed by atoms with Crippen LogP contribution in [0, 0.1) is 17.9 Å². The lowest BCUT2D eigenvalue weighted by Crippen LogP contribution is -2.10. The Balaban J connectivity index is 1.86. The number of para-hydroxylation sites is 1. The van der Waals surface area contributed by atoms with Gasteiger partial charge in [0.25, 0.3) is 0 Å². The number of fused-ring (bicyclic) bond motifs is 7. The first-order chi connectivity index (χ1) is 16.4. The van der Waals surface area contributed by atoms with Crippen LogP contribution in [-0.2, 0) is 5.41 Å². The van der Waals surface area contributed by atoms with Crippen molar-refractivity contribution in [1.82, 2.24) is 4.57 Å². The van der Waals surface area contributed by atoms with E-state index in [1.807, 2.05) is 18.2 Å². The standard InChI is InChI=1S/C30H21N3O/c1-30(2,3)19-10-13-24-22(16-19)28-25(33(24)26-15-18(17-31)9-12-23(26)32-4)14-11-21-20-7-5-6-8-27(20)34-29(21)28/h5-16H,1-3H3. The minimum atomic E-state index is -0.0210. The number of benzene rings is 4. The highest BCUT2D eigenvalue weighted by atomic mass is 16.3. The fraction of sp³-hybridized carbons (Fsp3) is 0.133. The van der Waals surface area contributed by atoms with Crippen LogP contribution in [0.3, 0.4) is 0 Å². The monoisotopic (exact) mass is 439 g/mol. The lowest BCUT2D eigenvalue weighted by molar-refractivity contribution is 0.591. The Morgan fingerprint density at radius 1 is 0.882 bits per heavy atom. The lowest BCUT2D eigenvalue weighted by atomic mass is 9.86. The van der Waals surface area contributed by atoms with Crippen LogP contribution in [0.5, 0.6) is 0 Å². The molecule has 0 bridgehead atoms. The highest BCUT2D eigenvalue weighted by molar-refractivity contribution is 6.24. The fourth-order valence-corrected chi connectivity index (χ4v) is 4.88. The Morgan fingerprint density at radius 3 is 2.44 bits per heavy atom. The summed E-state index contributed by atoms with van der Waals surface area (Å²) >= 11 is 0. The molecule has 4 aromatic carbocycles. The van der Waals surface area contributed by atoms with Gasteiger partial charge in [-0.1, -0.05) is 57.2 Å². The highest BCUT2D eigenvalue weighted by Crippen LogP contribution is 2.43. The molecule has 0 unspecified atom stereocenters. The summed E-state index contributed by atoms with van der Waals surface area (Å²) in [5, 5.41) is 13.8. The van der Waals surface area contributed by atoms with Gasteiger partial charge in [0.15, 0.2) is 0 Å². The van der Waals surface area contributed by atoms with Gasteiger partial charge in [-0.05, 0) is 47.4 Å². The molecular weight excluding hydrogens is 418 g/mol. The van der Waals surface area contributed by atoms with E-state index in [1.54, 1.807) is 18.2 Å². The van der Waals surface area contributed by atoms with Crippen molar-refractivity contribution in [2.75, 3.05) is 0 Å². The van der Waals surface area contributed by atoms with Crippen LogP contribution in [-0.4, -0.2) is 4.57 Å². The van der Waals surface area contributed by atoms with E-state index in [1.165, 1.54) is 5.56 Å². The molecule has 6 rings (SSSR count). The quantitative estimate of drug-likeness (QED) is 0.241. The summed E-state index contributed by atoms with van der Waals surface area (Å²) in [6.45, 7) is 14.4. The van der Waals surface area contributed by atoms with Gasteiger partial charge in [-0.25, -0.2) is 4.85 Å². The predicted octanol–water partition coefficient (Wildman–Crippen LogP) is 8.40. The molecular formula is C30H21N3O. The molecule has 0 fully saturated rings. The Hall–Kier alpha value is -4.54. The summed E-state index contributed by atoms with van der Waals surface area (Å²) in [5.41, 5.74) is 6.56. The van der Waals surface area contributed by atoms with Crippen molar-refractivity contribution < 1.29 is 4.42 Å². The number of aromatic nitrogens is 1. The normalized spacial score (nSPS) is 11.9. The average molecular weight is 440 g/mol. The molecule has 0 amide bonds. The summed E-state index contributed by atoms with van der Waals surface area (Å²) in [6.07, 6.45) is 0. The topological polar surface area (TPSA) is 46.2 Å². The Morgan fingerprint density at radius 2 is 1.68 bits per heavy atom. The Kier molecular flexibility index (Phi) is 4.12. The number of rotatable bonds is 1. The second-order valence-corrected chi connectivity index (χ2v) is 9.68. The van der Waals surface area contributed by atoms with Crippen LogP contribution < -0.4 is 0 Å². The molecule has 0 aliphatic rings. The van der Waals surface area contributed by atoms with Gasteiger partial charge in [0, 0.05) is 16.2 Å². The number of nitriles is 1. The van der Waals surface area contributed by atoms with Gasteiger partial charge in [-0.15, -0.1) is 0 Å². The molecule has 0 atom stereocenters. The van der Waals surface area contributed by atoms with Gasteiger partial charge in [0.1, 0.15) is 11.2 Å². The van der Waals surface area contributed by atoms with Crippen molar-refractivity contribution in [3.8, 4) is 11.8 Å². The first kappa shape index (κ1) is 20.1. The third kappa shape index (κ3) is 2.76. The van der Waals surface area contributed by atoms with E-state index in [0.717, 1.165) is 43.7 Å². The second-order valence-electron chi connectivity index (χ2n) is 9.68. The van der Waals surface area contributed by atoms with Crippen molar-refractivity contribution in [2.24, 2.45) is 0 Å². The largest absolute Gasteiger partial charge is 0.455 e. The van der Waals surface area contributed by atoms with E-state index in [-0.39, 0.29) is 5.41 Å². The number of hydrogen-bond acceptors (Lipinski definition) is 2. The van der Waals surface area contributed by atoms with Gasteiger partial charge in [0.2, 0.25) is 5.69 Å². The number of furan rings is 1. The minimum absolute atomic E-state index is 0.0210. The zero-order valence-corrected chi connectivity index (χ0v) is 19.2. The van der Waals surface area contributed by atoms with Gasteiger partial charge in [-0.2, -0.15) is 5.26 Å². The lowest BCUT2D eigenvalue weighted by Gasteiger charge is -2.19. The zero-order chi connectivity index (χ0) is 23.6. The molecule has 0 radical (unpaired) electrons.